The normalized spacial score (nSPS) is 10.4. The molecular weight excluding hydrogens is 253 g/mol. The van der Waals surface area contributed by atoms with Crippen LogP contribution in [0, 0.1) is 12.7 Å². The van der Waals surface area contributed by atoms with Gasteiger partial charge < -0.3 is 10.5 Å². The van der Waals surface area contributed by atoms with E-state index < -0.39 is 5.82 Å². The lowest BCUT2D eigenvalue weighted by Crippen LogP contribution is -1.99. The standard InChI is InChI=1S/C14H13ClFNO/c1-9-2-5-13(17)14(6-9)18-8-10-3-4-12(16)11(15)7-10/h2-7H,8,17H2,1H3. The number of hydrogen-bond donors (Lipinski definition) is 1. The van der Waals surface area contributed by atoms with Crippen LogP contribution in [0.25, 0.3) is 0 Å². The topological polar surface area (TPSA) is 35.2 Å². The molecule has 0 heterocycles. The smallest absolute Gasteiger partial charge is 0.142 e. The average molecular weight is 266 g/mol. The fourth-order valence-corrected chi connectivity index (χ4v) is 1.76. The quantitative estimate of drug-likeness (QED) is 0.853. The Morgan fingerprint density at radius 3 is 2.72 bits per heavy atom. The summed E-state index contributed by atoms with van der Waals surface area (Å²) in [5.41, 5.74) is 8.23. The first kappa shape index (κ1) is 12.7. The first-order chi connectivity index (χ1) is 8.56. The lowest BCUT2D eigenvalue weighted by atomic mass is 10.2. The van der Waals surface area contributed by atoms with E-state index in [2.05, 4.69) is 0 Å². The van der Waals surface area contributed by atoms with Crippen LogP contribution >= 0.6 is 11.6 Å². The fourth-order valence-electron chi connectivity index (χ4n) is 1.56. The third-order valence-electron chi connectivity index (χ3n) is 2.55. The Kier molecular flexibility index (Phi) is 3.72. The predicted octanol–water partition coefficient (Wildman–Crippen LogP) is 3.95. The Morgan fingerprint density at radius 2 is 2.00 bits per heavy atom. The molecule has 2 N–H and O–H groups in total. The second-order valence-electron chi connectivity index (χ2n) is 4.08. The second-order valence-corrected chi connectivity index (χ2v) is 4.49. The maximum absolute atomic E-state index is 13.0. The minimum atomic E-state index is -0.435. The maximum Gasteiger partial charge on any atom is 0.142 e. The number of aryl methyl sites for hydroxylation is 1. The van der Waals surface area contributed by atoms with Crippen molar-refractivity contribution in [1.29, 1.82) is 0 Å². The van der Waals surface area contributed by atoms with Gasteiger partial charge in [-0.05, 0) is 42.3 Å². The molecule has 0 aliphatic rings. The third-order valence-corrected chi connectivity index (χ3v) is 2.84. The Hall–Kier alpha value is -1.74. The van der Waals surface area contributed by atoms with Crippen molar-refractivity contribution in [2.24, 2.45) is 0 Å². The molecule has 2 aromatic carbocycles. The van der Waals surface area contributed by atoms with E-state index in [1.165, 1.54) is 6.07 Å². The molecule has 0 bridgehead atoms. The van der Waals surface area contributed by atoms with Gasteiger partial charge in [-0.2, -0.15) is 0 Å². The van der Waals surface area contributed by atoms with E-state index in [1.54, 1.807) is 18.2 Å². The molecule has 0 aliphatic carbocycles. The van der Waals surface area contributed by atoms with Gasteiger partial charge in [0.1, 0.15) is 18.2 Å². The maximum atomic E-state index is 13.0. The van der Waals surface area contributed by atoms with Crippen LogP contribution < -0.4 is 10.5 Å². The number of hydrogen-bond acceptors (Lipinski definition) is 2. The van der Waals surface area contributed by atoms with E-state index in [0.717, 1.165) is 11.1 Å². The molecule has 2 nitrogen and oxygen atoms in total. The van der Waals surface area contributed by atoms with Gasteiger partial charge in [0, 0.05) is 0 Å². The van der Waals surface area contributed by atoms with Crippen molar-refractivity contribution in [3.05, 3.63) is 58.4 Å². The van der Waals surface area contributed by atoms with Crippen molar-refractivity contribution < 1.29 is 9.13 Å². The van der Waals surface area contributed by atoms with Crippen molar-refractivity contribution in [1.82, 2.24) is 0 Å². The van der Waals surface area contributed by atoms with Crippen molar-refractivity contribution in [2.45, 2.75) is 13.5 Å². The number of nitrogens with two attached hydrogens (primary N) is 1. The molecule has 0 aromatic heterocycles. The van der Waals surface area contributed by atoms with E-state index in [1.807, 2.05) is 19.1 Å². The molecule has 18 heavy (non-hydrogen) atoms. The Morgan fingerprint density at radius 1 is 1.22 bits per heavy atom. The van der Waals surface area contributed by atoms with Crippen LogP contribution in [0.4, 0.5) is 10.1 Å². The fraction of sp³-hybridized carbons (Fsp3) is 0.143. The monoisotopic (exact) mass is 265 g/mol. The van der Waals surface area contributed by atoms with Gasteiger partial charge in [-0.25, -0.2) is 4.39 Å². The highest BCUT2D eigenvalue weighted by Crippen LogP contribution is 2.24. The van der Waals surface area contributed by atoms with Crippen LogP contribution in [0.15, 0.2) is 36.4 Å². The highest BCUT2D eigenvalue weighted by atomic mass is 35.5. The van der Waals surface area contributed by atoms with Gasteiger partial charge in [-0.1, -0.05) is 23.7 Å². The lowest BCUT2D eigenvalue weighted by Gasteiger charge is -2.10. The molecule has 0 fully saturated rings. The zero-order chi connectivity index (χ0) is 13.1. The summed E-state index contributed by atoms with van der Waals surface area (Å²) in [6.45, 7) is 2.26. The summed E-state index contributed by atoms with van der Waals surface area (Å²) in [6, 6.07) is 10.1. The molecule has 2 rings (SSSR count). The van der Waals surface area contributed by atoms with Gasteiger partial charge in [0.05, 0.1) is 10.7 Å². The molecule has 94 valence electrons. The number of benzene rings is 2. The Bertz CT molecular complexity index is 572. The first-order valence-electron chi connectivity index (χ1n) is 5.49. The largest absolute Gasteiger partial charge is 0.487 e. The molecular formula is C14H13ClFNO. The molecule has 0 amide bonds. The van der Waals surface area contributed by atoms with Gasteiger partial charge in [0.2, 0.25) is 0 Å². The van der Waals surface area contributed by atoms with Gasteiger partial charge >= 0.3 is 0 Å². The SMILES string of the molecule is Cc1ccc(N)c(OCc2ccc(F)c(Cl)c2)c1. The van der Waals surface area contributed by atoms with E-state index in [0.29, 0.717) is 18.0 Å². The number of halogens is 2. The highest BCUT2D eigenvalue weighted by molar-refractivity contribution is 6.30. The summed E-state index contributed by atoms with van der Waals surface area (Å²) >= 11 is 5.70. The second kappa shape index (κ2) is 5.27. The Balaban J connectivity index is 2.11. The van der Waals surface area contributed by atoms with Crippen LogP contribution in [-0.2, 0) is 6.61 Å². The zero-order valence-electron chi connectivity index (χ0n) is 9.91. The minimum Gasteiger partial charge on any atom is -0.487 e. The molecule has 0 saturated carbocycles. The van der Waals surface area contributed by atoms with Gasteiger partial charge in [0.25, 0.3) is 0 Å². The van der Waals surface area contributed by atoms with Crippen LogP contribution in [0.5, 0.6) is 5.75 Å². The molecule has 0 aliphatic heterocycles. The molecule has 0 unspecified atom stereocenters. The molecule has 2 aromatic rings. The van der Waals surface area contributed by atoms with E-state index in [4.69, 9.17) is 22.1 Å². The number of anilines is 1. The van der Waals surface area contributed by atoms with E-state index in [9.17, 15) is 4.39 Å². The third kappa shape index (κ3) is 2.93. The summed E-state index contributed by atoms with van der Waals surface area (Å²) in [4.78, 5) is 0. The molecule has 4 heteroatoms. The van der Waals surface area contributed by atoms with Crippen molar-refractivity contribution >= 4 is 17.3 Å². The number of nitrogen functional groups attached to an aromatic ring is 1. The molecule has 0 radical (unpaired) electrons. The van der Waals surface area contributed by atoms with Crippen LogP contribution in [0.1, 0.15) is 11.1 Å². The Labute approximate surface area is 110 Å². The van der Waals surface area contributed by atoms with Crippen LogP contribution in [-0.4, -0.2) is 0 Å². The molecule has 0 atom stereocenters. The van der Waals surface area contributed by atoms with E-state index >= 15 is 0 Å². The minimum absolute atomic E-state index is 0.0910. The summed E-state index contributed by atoms with van der Waals surface area (Å²) < 4.78 is 18.6. The average Bonchev–Trinajstić information content (AvgIpc) is 2.34. The van der Waals surface area contributed by atoms with Crippen LogP contribution in [0.2, 0.25) is 5.02 Å². The summed E-state index contributed by atoms with van der Waals surface area (Å²) in [7, 11) is 0. The van der Waals surface area contributed by atoms with Crippen molar-refractivity contribution in [2.75, 3.05) is 5.73 Å². The lowest BCUT2D eigenvalue weighted by molar-refractivity contribution is 0.307. The van der Waals surface area contributed by atoms with Crippen LogP contribution in [0.3, 0.4) is 0 Å². The highest BCUT2D eigenvalue weighted by Gasteiger charge is 2.04. The summed E-state index contributed by atoms with van der Waals surface area (Å²) in [6.07, 6.45) is 0. The molecule has 0 spiro atoms. The molecule has 0 saturated heterocycles. The van der Waals surface area contributed by atoms with Crippen molar-refractivity contribution in [3.63, 3.8) is 0 Å². The zero-order valence-corrected chi connectivity index (χ0v) is 10.7. The summed E-state index contributed by atoms with van der Waals surface area (Å²) in [5.74, 6) is 0.186. The first-order valence-corrected chi connectivity index (χ1v) is 5.87. The number of ether oxygens (including phenoxy) is 1. The number of rotatable bonds is 3. The predicted molar refractivity (Wildman–Crippen MR) is 71.3 cm³/mol. The van der Waals surface area contributed by atoms with Gasteiger partial charge in [0.15, 0.2) is 0 Å². The van der Waals surface area contributed by atoms with Gasteiger partial charge in [-0.3, -0.25) is 0 Å². The van der Waals surface area contributed by atoms with Gasteiger partial charge in [-0.15, -0.1) is 0 Å². The summed E-state index contributed by atoms with van der Waals surface area (Å²) in [5, 5.41) is 0.0910. The van der Waals surface area contributed by atoms with Crippen molar-refractivity contribution in [3.8, 4) is 5.75 Å². The van der Waals surface area contributed by atoms with E-state index in [-0.39, 0.29) is 5.02 Å².